The van der Waals surface area contributed by atoms with Crippen LogP contribution in [0.1, 0.15) is 35.6 Å². The molecule has 1 spiro atoms. The molecule has 2 heterocycles. The third kappa shape index (κ3) is 4.02. The zero-order valence-corrected chi connectivity index (χ0v) is 27.1. The van der Waals surface area contributed by atoms with E-state index in [4.69, 9.17) is 14.7 Å². The highest BCUT2D eigenvalue weighted by molar-refractivity contribution is 5.93. The first-order valence-corrected chi connectivity index (χ1v) is 17.0. The maximum absolute atomic E-state index is 6.74. The number of allylic oxidation sites excluding steroid dienone is 3. The highest BCUT2D eigenvalue weighted by atomic mass is 16.5. The Morgan fingerprint density at radius 2 is 1.24 bits per heavy atom. The van der Waals surface area contributed by atoms with E-state index in [0.717, 1.165) is 51.5 Å². The summed E-state index contributed by atoms with van der Waals surface area (Å²) in [5.74, 6) is 2.60. The molecule has 1 aromatic heterocycles. The minimum absolute atomic E-state index is 0.303. The average Bonchev–Trinajstić information content (AvgIpc) is 3.46. The van der Waals surface area contributed by atoms with Crippen molar-refractivity contribution in [3.05, 3.63) is 197 Å². The lowest BCUT2D eigenvalue weighted by Crippen LogP contribution is -2.39. The van der Waals surface area contributed by atoms with Crippen molar-refractivity contribution in [2.45, 2.75) is 24.2 Å². The Hall–Kier alpha value is -6.06. The van der Waals surface area contributed by atoms with Gasteiger partial charge in [-0.2, -0.15) is 0 Å². The van der Waals surface area contributed by atoms with Crippen LogP contribution < -0.4 is 4.74 Å². The first-order valence-electron chi connectivity index (χ1n) is 17.0. The van der Waals surface area contributed by atoms with Crippen molar-refractivity contribution in [3.63, 3.8) is 0 Å². The van der Waals surface area contributed by atoms with Crippen LogP contribution in [0.4, 0.5) is 0 Å². The van der Waals surface area contributed by atoms with Crippen LogP contribution in [0.25, 0.3) is 44.7 Å². The summed E-state index contributed by atoms with van der Waals surface area (Å²) >= 11 is 0. The Morgan fingerprint density at radius 1 is 0.592 bits per heavy atom. The van der Waals surface area contributed by atoms with Gasteiger partial charge in [0.25, 0.3) is 0 Å². The van der Waals surface area contributed by atoms with Crippen molar-refractivity contribution in [3.8, 4) is 39.5 Å². The molecule has 1 unspecified atom stereocenters. The maximum Gasteiger partial charge on any atom is 0.160 e. The Bertz CT molecular complexity index is 2480. The Balaban J connectivity index is 1.13. The lowest BCUT2D eigenvalue weighted by Gasteiger charge is -2.45. The van der Waals surface area contributed by atoms with Gasteiger partial charge in [-0.1, -0.05) is 146 Å². The molecule has 3 aliphatic rings. The number of ether oxygens (including phenoxy) is 1. The summed E-state index contributed by atoms with van der Waals surface area (Å²) in [6, 6.07) is 54.0. The smallest absolute Gasteiger partial charge is 0.160 e. The summed E-state index contributed by atoms with van der Waals surface area (Å²) in [7, 11) is 0. The normalized spacial score (nSPS) is 18.1. The van der Waals surface area contributed by atoms with E-state index in [1.807, 2.05) is 12.1 Å². The Labute approximate surface area is 285 Å². The highest BCUT2D eigenvalue weighted by Gasteiger charge is 2.53. The molecule has 0 fully saturated rings. The number of para-hydroxylation sites is 2. The van der Waals surface area contributed by atoms with Crippen LogP contribution in [0, 0.1) is 0 Å². The molecular weight excluding hydrogens is 597 g/mol. The second-order valence-electron chi connectivity index (χ2n) is 13.6. The first kappa shape index (κ1) is 28.0. The molecule has 3 nitrogen and oxygen atoms in total. The van der Waals surface area contributed by atoms with Crippen molar-refractivity contribution in [1.29, 1.82) is 0 Å². The van der Waals surface area contributed by atoms with Crippen LogP contribution in [0.5, 0.6) is 5.75 Å². The molecule has 6 aromatic carbocycles. The van der Waals surface area contributed by atoms with E-state index < -0.39 is 5.41 Å². The zero-order valence-electron chi connectivity index (χ0n) is 27.1. The van der Waals surface area contributed by atoms with E-state index in [-0.39, 0.29) is 5.41 Å². The second kappa shape index (κ2) is 10.5. The predicted octanol–water partition coefficient (Wildman–Crippen LogP) is 10.8. The van der Waals surface area contributed by atoms with E-state index in [9.17, 15) is 0 Å². The number of fused-ring (bicyclic) bond motifs is 9. The fourth-order valence-electron chi connectivity index (χ4n) is 8.52. The van der Waals surface area contributed by atoms with Gasteiger partial charge < -0.3 is 4.74 Å². The number of rotatable bonds is 3. The second-order valence-corrected chi connectivity index (χ2v) is 13.6. The molecule has 49 heavy (non-hydrogen) atoms. The first-order chi connectivity index (χ1) is 24.1. The number of benzene rings is 6. The number of aromatic nitrogens is 2. The maximum atomic E-state index is 6.74. The lowest BCUT2D eigenvalue weighted by molar-refractivity contribution is 0.372. The van der Waals surface area contributed by atoms with Crippen LogP contribution in [0.2, 0.25) is 0 Å². The third-order valence-corrected chi connectivity index (χ3v) is 10.8. The van der Waals surface area contributed by atoms with Crippen LogP contribution in [-0.4, -0.2) is 9.97 Å². The van der Waals surface area contributed by atoms with Gasteiger partial charge in [-0.25, -0.2) is 9.97 Å². The Kier molecular flexibility index (Phi) is 5.98. The highest BCUT2D eigenvalue weighted by Crippen LogP contribution is 2.63. The molecule has 0 radical (unpaired) electrons. The van der Waals surface area contributed by atoms with E-state index >= 15 is 0 Å². The molecular formula is C46H32N2O. The SMILES string of the molecule is CC1(c2cccc(-c3nc(-c4ccccc4)c4ccccc4n3)c2)C=CC2=C(C1)C1(c3ccccc3O2)c2ccccc2-c2ccccc21. The minimum atomic E-state index is -0.451. The van der Waals surface area contributed by atoms with Gasteiger partial charge in [0.1, 0.15) is 11.5 Å². The molecule has 7 aromatic rings. The summed E-state index contributed by atoms with van der Waals surface area (Å²) in [5.41, 5.74) is 12.2. The largest absolute Gasteiger partial charge is 0.457 e. The molecule has 2 aliphatic carbocycles. The number of nitrogens with zero attached hydrogens (tertiary/aromatic N) is 2. The van der Waals surface area contributed by atoms with Crippen LogP contribution in [0.3, 0.4) is 0 Å². The van der Waals surface area contributed by atoms with E-state index in [0.29, 0.717) is 0 Å². The van der Waals surface area contributed by atoms with Gasteiger partial charge in [0, 0.05) is 27.5 Å². The monoisotopic (exact) mass is 628 g/mol. The molecule has 0 bridgehead atoms. The molecule has 0 saturated carbocycles. The summed E-state index contributed by atoms with van der Waals surface area (Å²) in [4.78, 5) is 10.3. The Morgan fingerprint density at radius 3 is 2.04 bits per heavy atom. The van der Waals surface area contributed by atoms with E-state index in [1.165, 1.54) is 39.0 Å². The summed E-state index contributed by atoms with van der Waals surface area (Å²) < 4.78 is 6.74. The molecule has 0 amide bonds. The summed E-state index contributed by atoms with van der Waals surface area (Å²) in [6.45, 7) is 2.35. The standard InChI is InChI=1S/C46H32N2O/c1-45(32-17-13-16-31(28-32)44-47-40-24-11-7-20-35(40)43(48-44)30-14-3-2-4-15-30)27-26-42-39(29-45)46(38-23-10-12-25-41(38)49-42)36-21-8-5-18-33(36)34-19-6-9-22-37(34)46/h2-28H,29H2,1H3. The molecule has 232 valence electrons. The number of hydrogen-bond acceptors (Lipinski definition) is 3. The van der Waals surface area contributed by atoms with Crippen molar-refractivity contribution < 1.29 is 4.74 Å². The van der Waals surface area contributed by atoms with E-state index in [1.54, 1.807) is 0 Å². The van der Waals surface area contributed by atoms with Crippen molar-refractivity contribution in [2.24, 2.45) is 0 Å². The number of hydrogen-bond donors (Lipinski definition) is 0. The van der Waals surface area contributed by atoms with Gasteiger partial charge >= 0.3 is 0 Å². The minimum Gasteiger partial charge on any atom is -0.457 e. The predicted molar refractivity (Wildman–Crippen MR) is 197 cm³/mol. The quantitative estimate of drug-likeness (QED) is 0.195. The van der Waals surface area contributed by atoms with Crippen molar-refractivity contribution >= 4 is 10.9 Å². The van der Waals surface area contributed by atoms with Gasteiger partial charge in [-0.3, -0.25) is 0 Å². The van der Waals surface area contributed by atoms with Crippen molar-refractivity contribution in [1.82, 2.24) is 9.97 Å². The van der Waals surface area contributed by atoms with Gasteiger partial charge in [0.2, 0.25) is 0 Å². The van der Waals surface area contributed by atoms with Gasteiger partial charge in [0.15, 0.2) is 5.82 Å². The third-order valence-electron chi connectivity index (χ3n) is 10.8. The van der Waals surface area contributed by atoms with E-state index in [2.05, 4.69) is 159 Å². The average molecular weight is 629 g/mol. The van der Waals surface area contributed by atoms with Gasteiger partial charge in [0.05, 0.1) is 16.6 Å². The molecule has 0 saturated heterocycles. The fourth-order valence-corrected chi connectivity index (χ4v) is 8.52. The topological polar surface area (TPSA) is 35.0 Å². The molecule has 1 atom stereocenters. The molecule has 0 N–H and O–H groups in total. The van der Waals surface area contributed by atoms with Crippen LogP contribution in [-0.2, 0) is 10.8 Å². The molecule has 10 rings (SSSR count). The lowest BCUT2D eigenvalue weighted by atomic mass is 9.60. The van der Waals surface area contributed by atoms with Crippen molar-refractivity contribution in [2.75, 3.05) is 0 Å². The van der Waals surface area contributed by atoms with Crippen LogP contribution >= 0.6 is 0 Å². The van der Waals surface area contributed by atoms with Crippen LogP contribution in [0.15, 0.2) is 175 Å². The molecule has 3 heteroatoms. The zero-order chi connectivity index (χ0) is 32.6. The van der Waals surface area contributed by atoms with Gasteiger partial charge in [-0.05, 0) is 64.1 Å². The fraction of sp³-hybridized carbons (Fsp3) is 0.0870. The van der Waals surface area contributed by atoms with Gasteiger partial charge in [-0.15, -0.1) is 0 Å². The molecule has 1 aliphatic heterocycles. The summed E-state index contributed by atoms with van der Waals surface area (Å²) in [5, 5.41) is 1.05. The summed E-state index contributed by atoms with van der Waals surface area (Å²) in [6.07, 6.45) is 5.34.